The summed E-state index contributed by atoms with van der Waals surface area (Å²) in [6.07, 6.45) is 0.283. The molecular formula is C21H18N2O3. The highest BCUT2D eigenvalue weighted by Crippen LogP contribution is 2.28. The molecule has 26 heavy (non-hydrogen) atoms. The molecule has 1 N–H and O–H groups in total. The average Bonchev–Trinajstić information content (AvgIpc) is 2.68. The predicted molar refractivity (Wildman–Crippen MR) is 101 cm³/mol. The number of carbonyl (C=O) groups is 1. The minimum Gasteiger partial charge on any atom is -0.326 e. The molecule has 0 aromatic heterocycles. The van der Waals surface area contributed by atoms with Crippen molar-refractivity contribution in [2.45, 2.75) is 12.3 Å². The third kappa shape index (κ3) is 4.33. The van der Waals surface area contributed by atoms with Crippen LogP contribution in [0.25, 0.3) is 0 Å². The standard InChI is InChI=1S/C21H18N2O3/c24-21(22-18-11-13-19(14-12-18)23(25)26)15-20(16-7-3-1-4-8-16)17-9-5-2-6-10-17/h1-14,20H,15H2,(H,22,24). The van der Waals surface area contributed by atoms with Crippen molar-refractivity contribution in [1.82, 2.24) is 0 Å². The molecule has 3 aromatic rings. The zero-order valence-electron chi connectivity index (χ0n) is 14.0. The molecule has 0 aliphatic carbocycles. The number of hydrogen-bond donors (Lipinski definition) is 1. The molecule has 1 amide bonds. The van der Waals surface area contributed by atoms with E-state index in [1.807, 2.05) is 60.7 Å². The Bertz CT molecular complexity index is 839. The first kappa shape index (κ1) is 17.4. The molecule has 5 heteroatoms. The van der Waals surface area contributed by atoms with Crippen LogP contribution in [-0.2, 0) is 4.79 Å². The third-order valence-corrected chi connectivity index (χ3v) is 4.16. The number of nitro benzene ring substituents is 1. The highest BCUT2D eigenvalue weighted by Gasteiger charge is 2.18. The first-order valence-corrected chi connectivity index (χ1v) is 8.27. The van der Waals surface area contributed by atoms with E-state index in [0.717, 1.165) is 11.1 Å². The Hall–Kier alpha value is -3.47. The van der Waals surface area contributed by atoms with E-state index in [1.54, 1.807) is 0 Å². The van der Waals surface area contributed by atoms with Crippen LogP contribution in [0.5, 0.6) is 0 Å². The van der Waals surface area contributed by atoms with Crippen molar-refractivity contribution in [1.29, 1.82) is 0 Å². The van der Waals surface area contributed by atoms with Gasteiger partial charge in [-0.1, -0.05) is 60.7 Å². The number of benzene rings is 3. The van der Waals surface area contributed by atoms with Crippen LogP contribution in [0.2, 0.25) is 0 Å². The molecule has 0 saturated carbocycles. The molecule has 0 fully saturated rings. The van der Waals surface area contributed by atoms with Crippen molar-refractivity contribution < 1.29 is 9.72 Å². The van der Waals surface area contributed by atoms with Gasteiger partial charge in [0, 0.05) is 30.2 Å². The molecule has 0 radical (unpaired) electrons. The highest BCUT2D eigenvalue weighted by molar-refractivity contribution is 5.91. The molecule has 3 rings (SSSR count). The van der Waals surface area contributed by atoms with E-state index in [0.29, 0.717) is 5.69 Å². The largest absolute Gasteiger partial charge is 0.326 e. The van der Waals surface area contributed by atoms with Gasteiger partial charge in [0.15, 0.2) is 0 Å². The van der Waals surface area contributed by atoms with Crippen LogP contribution in [0.15, 0.2) is 84.9 Å². The SMILES string of the molecule is O=C(CC(c1ccccc1)c1ccccc1)Nc1ccc([N+](=O)[O-])cc1. The van der Waals surface area contributed by atoms with Crippen molar-refractivity contribution in [3.8, 4) is 0 Å². The van der Waals surface area contributed by atoms with Gasteiger partial charge in [0.05, 0.1) is 4.92 Å². The molecule has 0 atom stereocenters. The molecule has 3 aromatic carbocycles. The van der Waals surface area contributed by atoms with Gasteiger partial charge in [0.2, 0.25) is 5.91 Å². The minimum absolute atomic E-state index is 0.00514. The van der Waals surface area contributed by atoms with Crippen LogP contribution in [-0.4, -0.2) is 10.8 Å². The summed E-state index contributed by atoms with van der Waals surface area (Å²) < 4.78 is 0. The molecule has 0 bridgehead atoms. The summed E-state index contributed by atoms with van der Waals surface area (Å²) in [4.78, 5) is 22.8. The van der Waals surface area contributed by atoms with Crippen molar-refractivity contribution in [2.75, 3.05) is 5.32 Å². The van der Waals surface area contributed by atoms with Crippen molar-refractivity contribution in [3.63, 3.8) is 0 Å². The molecule has 5 nitrogen and oxygen atoms in total. The second-order valence-electron chi connectivity index (χ2n) is 5.93. The summed E-state index contributed by atoms with van der Waals surface area (Å²) in [5, 5.41) is 13.5. The number of amides is 1. The van der Waals surface area contributed by atoms with E-state index >= 15 is 0 Å². The lowest BCUT2D eigenvalue weighted by molar-refractivity contribution is -0.384. The highest BCUT2D eigenvalue weighted by atomic mass is 16.6. The van der Waals surface area contributed by atoms with E-state index in [4.69, 9.17) is 0 Å². The van der Waals surface area contributed by atoms with E-state index < -0.39 is 4.92 Å². The quantitative estimate of drug-likeness (QED) is 0.517. The van der Waals surface area contributed by atoms with Crippen LogP contribution in [0.1, 0.15) is 23.5 Å². The Morgan fingerprint density at radius 2 is 1.35 bits per heavy atom. The number of anilines is 1. The first-order valence-electron chi connectivity index (χ1n) is 8.27. The maximum Gasteiger partial charge on any atom is 0.269 e. The van der Waals surface area contributed by atoms with Crippen molar-refractivity contribution >= 4 is 17.3 Å². The molecule has 0 aliphatic heterocycles. The van der Waals surface area contributed by atoms with Gasteiger partial charge in [-0.25, -0.2) is 0 Å². The molecule has 0 heterocycles. The first-order chi connectivity index (χ1) is 12.6. The molecule has 130 valence electrons. The van der Waals surface area contributed by atoms with Gasteiger partial charge in [0.25, 0.3) is 5.69 Å². The van der Waals surface area contributed by atoms with Gasteiger partial charge in [-0.15, -0.1) is 0 Å². The zero-order valence-corrected chi connectivity index (χ0v) is 14.0. The van der Waals surface area contributed by atoms with Gasteiger partial charge in [-0.2, -0.15) is 0 Å². The number of non-ortho nitro benzene ring substituents is 1. The predicted octanol–water partition coefficient (Wildman–Crippen LogP) is 4.76. The number of hydrogen-bond acceptors (Lipinski definition) is 3. The molecule has 0 aliphatic rings. The van der Waals surface area contributed by atoms with Gasteiger partial charge < -0.3 is 5.32 Å². The number of carbonyl (C=O) groups excluding carboxylic acids is 1. The Kier molecular flexibility index (Phi) is 5.39. The summed E-state index contributed by atoms with van der Waals surface area (Å²) in [6.45, 7) is 0. The monoisotopic (exact) mass is 346 g/mol. The second kappa shape index (κ2) is 8.07. The van der Waals surface area contributed by atoms with Gasteiger partial charge in [-0.05, 0) is 23.3 Å². The summed E-state index contributed by atoms with van der Waals surface area (Å²) in [5.74, 6) is -0.202. The van der Waals surface area contributed by atoms with Crippen LogP contribution in [0, 0.1) is 10.1 Å². The average molecular weight is 346 g/mol. The molecule has 0 saturated heterocycles. The molecule has 0 spiro atoms. The van der Waals surface area contributed by atoms with E-state index in [2.05, 4.69) is 5.32 Å². The van der Waals surface area contributed by atoms with Crippen LogP contribution in [0.4, 0.5) is 11.4 Å². The Balaban J connectivity index is 1.76. The summed E-state index contributed by atoms with van der Waals surface area (Å²) >= 11 is 0. The Morgan fingerprint density at radius 3 is 1.81 bits per heavy atom. The number of nitrogens with one attached hydrogen (secondary N) is 1. The lowest BCUT2D eigenvalue weighted by Crippen LogP contribution is -2.16. The lowest BCUT2D eigenvalue weighted by atomic mass is 9.88. The van der Waals surface area contributed by atoms with E-state index in [1.165, 1.54) is 24.3 Å². The van der Waals surface area contributed by atoms with Crippen LogP contribution >= 0.6 is 0 Å². The van der Waals surface area contributed by atoms with Crippen molar-refractivity contribution in [2.24, 2.45) is 0 Å². The smallest absolute Gasteiger partial charge is 0.269 e. The third-order valence-electron chi connectivity index (χ3n) is 4.16. The topological polar surface area (TPSA) is 72.2 Å². The Morgan fingerprint density at radius 1 is 0.846 bits per heavy atom. The number of nitrogens with zero attached hydrogens (tertiary/aromatic N) is 1. The van der Waals surface area contributed by atoms with E-state index in [-0.39, 0.29) is 23.9 Å². The summed E-state index contributed by atoms with van der Waals surface area (Å²) in [7, 11) is 0. The van der Waals surface area contributed by atoms with Crippen LogP contribution in [0.3, 0.4) is 0 Å². The summed E-state index contributed by atoms with van der Waals surface area (Å²) in [6, 6.07) is 25.6. The fourth-order valence-electron chi connectivity index (χ4n) is 2.86. The number of nitro groups is 1. The normalized spacial score (nSPS) is 10.5. The van der Waals surface area contributed by atoms with Gasteiger partial charge >= 0.3 is 0 Å². The zero-order chi connectivity index (χ0) is 18.4. The fraction of sp³-hybridized carbons (Fsp3) is 0.0952. The minimum atomic E-state index is -0.466. The molecule has 0 unspecified atom stereocenters. The number of rotatable bonds is 6. The molecular weight excluding hydrogens is 328 g/mol. The van der Waals surface area contributed by atoms with Gasteiger partial charge in [0.1, 0.15) is 0 Å². The van der Waals surface area contributed by atoms with Gasteiger partial charge in [-0.3, -0.25) is 14.9 Å². The Labute approximate surface area is 151 Å². The maximum atomic E-state index is 12.5. The second-order valence-corrected chi connectivity index (χ2v) is 5.93. The maximum absolute atomic E-state index is 12.5. The van der Waals surface area contributed by atoms with E-state index in [9.17, 15) is 14.9 Å². The van der Waals surface area contributed by atoms with Crippen LogP contribution < -0.4 is 5.32 Å². The fourth-order valence-corrected chi connectivity index (χ4v) is 2.86. The lowest BCUT2D eigenvalue weighted by Gasteiger charge is -2.18. The summed E-state index contributed by atoms with van der Waals surface area (Å²) in [5.41, 5.74) is 2.67. The van der Waals surface area contributed by atoms with Crippen molar-refractivity contribution in [3.05, 3.63) is 106 Å².